The quantitative estimate of drug-likeness (QED) is 0.410. The van der Waals surface area contributed by atoms with Crippen LogP contribution in [0.25, 0.3) is 17.4 Å². The number of hydrogen-bond donors (Lipinski definition) is 1. The molecule has 1 saturated heterocycles. The average molecular weight is 462 g/mol. The van der Waals surface area contributed by atoms with E-state index in [0.717, 1.165) is 24.3 Å². The molecule has 1 amide bonds. The number of carbonyl (C=O) groups excluding carboxylic acids is 1. The van der Waals surface area contributed by atoms with Crippen LogP contribution in [0.15, 0.2) is 59.0 Å². The van der Waals surface area contributed by atoms with Gasteiger partial charge in [0.15, 0.2) is 0 Å². The Balaban J connectivity index is 1.40. The number of nitrogens with zero attached hydrogens (tertiary/aromatic N) is 1. The highest BCUT2D eigenvalue weighted by Crippen LogP contribution is 2.31. The highest BCUT2D eigenvalue weighted by Gasteiger charge is 2.15. The molecular weight excluding hydrogens is 443 g/mol. The van der Waals surface area contributed by atoms with E-state index in [1.165, 1.54) is 18.9 Å². The van der Waals surface area contributed by atoms with Crippen LogP contribution in [-0.2, 0) is 4.79 Å². The first kappa shape index (κ1) is 20.9. The molecule has 1 aliphatic rings. The molecule has 1 aromatic heterocycles. The van der Waals surface area contributed by atoms with Gasteiger partial charge in [0.2, 0.25) is 5.91 Å². The molecule has 2 aromatic carbocycles. The minimum absolute atomic E-state index is 0.274. The summed E-state index contributed by atoms with van der Waals surface area (Å²) >= 11 is 18.5. The third-order valence-corrected chi connectivity index (χ3v) is 5.57. The molecule has 154 valence electrons. The molecule has 0 atom stereocenters. The van der Waals surface area contributed by atoms with Gasteiger partial charge in [-0.15, -0.1) is 0 Å². The molecule has 0 unspecified atom stereocenters. The third kappa shape index (κ3) is 5.01. The van der Waals surface area contributed by atoms with Crippen LogP contribution in [0.2, 0.25) is 15.1 Å². The summed E-state index contributed by atoms with van der Waals surface area (Å²) in [5.74, 6) is 0.881. The van der Waals surface area contributed by atoms with Gasteiger partial charge >= 0.3 is 0 Å². The summed E-state index contributed by atoms with van der Waals surface area (Å²) < 4.78 is 5.76. The first-order chi connectivity index (χ1) is 14.5. The predicted molar refractivity (Wildman–Crippen MR) is 125 cm³/mol. The van der Waals surface area contributed by atoms with E-state index in [9.17, 15) is 4.79 Å². The van der Waals surface area contributed by atoms with Crippen LogP contribution in [0, 0.1) is 0 Å². The second kappa shape index (κ2) is 9.17. The minimum atomic E-state index is -0.274. The lowest BCUT2D eigenvalue weighted by Crippen LogP contribution is -2.18. The van der Waals surface area contributed by atoms with Gasteiger partial charge in [-0.2, -0.15) is 0 Å². The number of anilines is 2. The summed E-state index contributed by atoms with van der Waals surface area (Å²) in [7, 11) is 0. The standard InChI is InChI=1S/C23H19Cl3N2O2/c24-16-11-15(12-17(25)13-16)22-7-4-19(30-22)5-8-23(29)27-18-3-6-21(20(26)14-18)28-9-1-2-10-28/h3-8,11-14H,1-2,9-10H2,(H,27,29)/b8-5+. The number of rotatable bonds is 5. The molecule has 1 N–H and O–H groups in total. The van der Waals surface area contributed by atoms with E-state index >= 15 is 0 Å². The van der Waals surface area contributed by atoms with Crippen molar-refractivity contribution in [2.24, 2.45) is 0 Å². The van der Waals surface area contributed by atoms with Crippen LogP contribution < -0.4 is 10.2 Å². The van der Waals surface area contributed by atoms with Gasteiger partial charge in [-0.1, -0.05) is 34.8 Å². The van der Waals surface area contributed by atoms with Gasteiger partial charge < -0.3 is 14.6 Å². The zero-order valence-corrected chi connectivity index (χ0v) is 18.3. The van der Waals surface area contributed by atoms with Crippen molar-refractivity contribution < 1.29 is 9.21 Å². The number of furan rings is 1. The first-order valence-electron chi connectivity index (χ1n) is 9.58. The average Bonchev–Trinajstić information content (AvgIpc) is 3.38. The molecule has 3 aromatic rings. The summed E-state index contributed by atoms with van der Waals surface area (Å²) in [5, 5.41) is 4.51. The Morgan fingerprint density at radius 2 is 1.70 bits per heavy atom. The van der Waals surface area contributed by atoms with Crippen molar-refractivity contribution in [2.75, 3.05) is 23.3 Å². The SMILES string of the molecule is O=C(/C=C/c1ccc(-c2cc(Cl)cc(Cl)c2)o1)Nc1ccc(N2CCCC2)c(Cl)c1. The molecular formula is C23H19Cl3N2O2. The van der Waals surface area contributed by atoms with E-state index in [2.05, 4.69) is 10.2 Å². The molecule has 1 fully saturated rings. The molecule has 30 heavy (non-hydrogen) atoms. The lowest BCUT2D eigenvalue weighted by molar-refractivity contribution is -0.111. The van der Waals surface area contributed by atoms with Gasteiger partial charge in [0, 0.05) is 40.5 Å². The van der Waals surface area contributed by atoms with Crippen molar-refractivity contribution in [2.45, 2.75) is 12.8 Å². The normalized spacial score (nSPS) is 13.9. The lowest BCUT2D eigenvalue weighted by atomic mass is 10.2. The maximum absolute atomic E-state index is 12.3. The van der Waals surface area contributed by atoms with Gasteiger partial charge in [0.05, 0.1) is 10.7 Å². The molecule has 4 nitrogen and oxygen atoms in total. The van der Waals surface area contributed by atoms with Crippen LogP contribution in [0.3, 0.4) is 0 Å². The van der Waals surface area contributed by atoms with E-state index < -0.39 is 0 Å². The lowest BCUT2D eigenvalue weighted by Gasteiger charge is -2.19. The number of benzene rings is 2. The molecule has 2 heterocycles. The Kier molecular flexibility index (Phi) is 6.38. The summed E-state index contributed by atoms with van der Waals surface area (Å²) in [6.45, 7) is 2.03. The first-order valence-corrected chi connectivity index (χ1v) is 10.7. The number of nitrogens with one attached hydrogen (secondary N) is 1. The van der Waals surface area contributed by atoms with Crippen molar-refractivity contribution in [3.8, 4) is 11.3 Å². The second-order valence-corrected chi connectivity index (χ2v) is 8.32. The highest BCUT2D eigenvalue weighted by atomic mass is 35.5. The van der Waals surface area contributed by atoms with E-state index in [1.54, 1.807) is 42.5 Å². The zero-order valence-electron chi connectivity index (χ0n) is 16.0. The van der Waals surface area contributed by atoms with Gasteiger partial charge in [0.25, 0.3) is 0 Å². The Hall–Kier alpha value is -2.40. The van der Waals surface area contributed by atoms with Gasteiger partial charge in [0.1, 0.15) is 11.5 Å². The monoisotopic (exact) mass is 460 g/mol. The fraction of sp³-hybridized carbons (Fsp3) is 0.174. The molecule has 0 radical (unpaired) electrons. The van der Waals surface area contributed by atoms with Crippen LogP contribution >= 0.6 is 34.8 Å². The Morgan fingerprint density at radius 1 is 0.967 bits per heavy atom. The Bertz CT molecular complexity index is 1080. The van der Waals surface area contributed by atoms with Crippen molar-refractivity contribution in [1.82, 2.24) is 0 Å². The summed E-state index contributed by atoms with van der Waals surface area (Å²) in [6, 6.07) is 14.3. The summed E-state index contributed by atoms with van der Waals surface area (Å²) in [4.78, 5) is 14.5. The molecule has 0 saturated carbocycles. The largest absolute Gasteiger partial charge is 0.457 e. The van der Waals surface area contributed by atoms with Crippen LogP contribution in [-0.4, -0.2) is 19.0 Å². The van der Waals surface area contributed by atoms with E-state index in [1.807, 2.05) is 12.1 Å². The summed E-state index contributed by atoms with van der Waals surface area (Å²) in [5.41, 5.74) is 2.42. The zero-order chi connectivity index (χ0) is 21.1. The Morgan fingerprint density at radius 3 is 2.40 bits per heavy atom. The fourth-order valence-corrected chi connectivity index (χ4v) is 4.26. The van der Waals surface area contributed by atoms with Crippen LogP contribution in [0.5, 0.6) is 0 Å². The Labute approximate surface area is 190 Å². The van der Waals surface area contributed by atoms with Crippen LogP contribution in [0.4, 0.5) is 11.4 Å². The van der Waals surface area contributed by atoms with Gasteiger partial charge in [-0.3, -0.25) is 4.79 Å². The van der Waals surface area contributed by atoms with E-state index in [-0.39, 0.29) is 5.91 Å². The molecule has 4 rings (SSSR count). The van der Waals surface area contributed by atoms with Crippen molar-refractivity contribution >= 4 is 58.2 Å². The second-order valence-electron chi connectivity index (χ2n) is 7.04. The minimum Gasteiger partial charge on any atom is -0.457 e. The van der Waals surface area contributed by atoms with Crippen molar-refractivity contribution in [1.29, 1.82) is 0 Å². The molecule has 7 heteroatoms. The number of carbonyl (C=O) groups is 1. The van der Waals surface area contributed by atoms with Gasteiger partial charge in [-0.25, -0.2) is 0 Å². The fourth-order valence-electron chi connectivity index (χ4n) is 3.43. The van der Waals surface area contributed by atoms with Crippen LogP contribution in [0.1, 0.15) is 18.6 Å². The van der Waals surface area contributed by atoms with Gasteiger partial charge in [-0.05, 0) is 67.4 Å². The van der Waals surface area contributed by atoms with Crippen molar-refractivity contribution in [3.63, 3.8) is 0 Å². The maximum Gasteiger partial charge on any atom is 0.248 e. The summed E-state index contributed by atoms with van der Waals surface area (Å²) in [6.07, 6.45) is 5.37. The number of halogens is 3. The number of hydrogen-bond acceptors (Lipinski definition) is 3. The molecule has 0 spiro atoms. The van der Waals surface area contributed by atoms with E-state index in [0.29, 0.717) is 32.3 Å². The third-order valence-electron chi connectivity index (χ3n) is 4.83. The van der Waals surface area contributed by atoms with E-state index in [4.69, 9.17) is 39.2 Å². The smallest absolute Gasteiger partial charge is 0.248 e. The topological polar surface area (TPSA) is 45.5 Å². The highest BCUT2D eigenvalue weighted by molar-refractivity contribution is 6.35. The molecule has 0 aliphatic carbocycles. The molecule has 1 aliphatic heterocycles. The van der Waals surface area contributed by atoms with Crippen molar-refractivity contribution in [3.05, 3.63) is 75.4 Å². The molecule has 0 bridgehead atoms. The predicted octanol–water partition coefficient (Wildman–Crippen LogP) is 7.16. The maximum atomic E-state index is 12.3. The number of amides is 1.